The molecule has 4 heteroatoms. The van der Waals surface area contributed by atoms with Crippen molar-refractivity contribution in [2.24, 2.45) is 0 Å². The number of benzene rings is 1. The first kappa shape index (κ1) is 14.7. The van der Waals surface area contributed by atoms with Gasteiger partial charge >= 0.3 is 0 Å². The van der Waals surface area contributed by atoms with Crippen LogP contribution in [-0.4, -0.2) is 6.54 Å². The third-order valence-corrected chi connectivity index (χ3v) is 4.63. The fourth-order valence-corrected chi connectivity index (χ4v) is 3.17. The highest BCUT2D eigenvalue weighted by Crippen LogP contribution is 2.27. The molecule has 1 aromatic heterocycles. The molecule has 2 rings (SSSR count). The van der Waals surface area contributed by atoms with Gasteiger partial charge in [-0.1, -0.05) is 19.1 Å². The lowest BCUT2D eigenvalue weighted by Gasteiger charge is -2.18. The fraction of sp³-hybridized carbons (Fsp3) is 0.333. The highest BCUT2D eigenvalue weighted by atomic mass is 79.9. The number of thiophene rings is 1. The van der Waals surface area contributed by atoms with Gasteiger partial charge in [-0.3, -0.25) is 0 Å². The summed E-state index contributed by atoms with van der Waals surface area (Å²) in [7, 11) is 0. The first-order valence-corrected chi connectivity index (χ1v) is 8.14. The molecule has 0 saturated carbocycles. The minimum atomic E-state index is -0.197. The molecule has 1 heterocycles. The third-order valence-electron chi connectivity index (χ3n) is 3.04. The minimum Gasteiger partial charge on any atom is -0.310 e. The average molecular weight is 342 g/mol. The Morgan fingerprint density at radius 1 is 1.37 bits per heavy atom. The Balaban J connectivity index is 2.18. The normalized spacial score (nSPS) is 12.6. The minimum absolute atomic E-state index is 0.197. The van der Waals surface area contributed by atoms with Crippen molar-refractivity contribution in [3.63, 3.8) is 0 Å². The summed E-state index contributed by atoms with van der Waals surface area (Å²) in [4.78, 5) is 0. The summed E-state index contributed by atoms with van der Waals surface area (Å²) in [5, 5.41) is 7.76. The maximum atomic E-state index is 13.6. The summed E-state index contributed by atoms with van der Waals surface area (Å²) in [5.41, 5.74) is 2.27. The van der Waals surface area contributed by atoms with Crippen LogP contribution in [0.2, 0.25) is 0 Å². The van der Waals surface area contributed by atoms with Crippen LogP contribution in [-0.2, 0) is 6.42 Å². The average Bonchev–Trinajstić information content (AvgIpc) is 2.93. The van der Waals surface area contributed by atoms with Gasteiger partial charge in [0.1, 0.15) is 5.82 Å². The molecule has 0 amide bonds. The Labute approximate surface area is 126 Å². The molecule has 0 spiro atoms. The van der Waals surface area contributed by atoms with Crippen LogP contribution in [0.25, 0.3) is 0 Å². The van der Waals surface area contributed by atoms with Gasteiger partial charge in [0.25, 0.3) is 0 Å². The molecule has 1 aromatic carbocycles. The summed E-state index contributed by atoms with van der Waals surface area (Å²) < 4.78 is 14.1. The van der Waals surface area contributed by atoms with Crippen molar-refractivity contribution in [3.8, 4) is 0 Å². The second-order valence-corrected chi connectivity index (χ2v) is 6.05. The topological polar surface area (TPSA) is 12.0 Å². The van der Waals surface area contributed by atoms with Gasteiger partial charge in [0, 0.05) is 6.04 Å². The molecule has 2 aromatic rings. The van der Waals surface area contributed by atoms with Gasteiger partial charge in [-0.2, -0.15) is 11.3 Å². The number of halogens is 2. The van der Waals surface area contributed by atoms with Gasteiger partial charge < -0.3 is 5.32 Å². The van der Waals surface area contributed by atoms with E-state index in [1.807, 2.05) is 6.07 Å². The lowest BCUT2D eigenvalue weighted by molar-refractivity contribution is 0.527. The second-order valence-electron chi connectivity index (χ2n) is 4.48. The van der Waals surface area contributed by atoms with E-state index in [1.165, 1.54) is 11.6 Å². The van der Waals surface area contributed by atoms with Crippen molar-refractivity contribution < 1.29 is 4.39 Å². The Morgan fingerprint density at radius 3 is 2.89 bits per heavy atom. The lowest BCUT2D eigenvalue weighted by atomic mass is 10.0. The van der Waals surface area contributed by atoms with Crippen LogP contribution in [0.5, 0.6) is 0 Å². The monoisotopic (exact) mass is 341 g/mol. The standard InChI is InChI=1S/C15H17BrFNS/c1-2-7-18-14(12-6-8-19-10-12)9-11-4-3-5-13(17)15(11)16/h3-6,8,10,14,18H,2,7,9H2,1H3. The van der Waals surface area contributed by atoms with E-state index in [0.717, 1.165) is 24.9 Å². The van der Waals surface area contributed by atoms with Gasteiger partial charge in [-0.15, -0.1) is 0 Å². The van der Waals surface area contributed by atoms with Crippen LogP contribution in [0.1, 0.15) is 30.5 Å². The largest absolute Gasteiger partial charge is 0.310 e. The lowest BCUT2D eigenvalue weighted by Crippen LogP contribution is -2.23. The predicted octanol–water partition coefficient (Wildman–Crippen LogP) is 4.93. The van der Waals surface area contributed by atoms with Crippen molar-refractivity contribution >= 4 is 27.3 Å². The summed E-state index contributed by atoms with van der Waals surface area (Å²) in [6.45, 7) is 3.11. The quantitative estimate of drug-likeness (QED) is 0.785. The Morgan fingerprint density at radius 2 is 2.21 bits per heavy atom. The summed E-state index contributed by atoms with van der Waals surface area (Å²) >= 11 is 5.03. The zero-order chi connectivity index (χ0) is 13.7. The van der Waals surface area contributed by atoms with Crippen LogP contribution in [0.4, 0.5) is 4.39 Å². The zero-order valence-electron chi connectivity index (χ0n) is 10.8. The molecule has 102 valence electrons. The highest BCUT2D eigenvalue weighted by molar-refractivity contribution is 9.10. The SMILES string of the molecule is CCCNC(Cc1cccc(F)c1Br)c1ccsc1. The molecule has 0 aliphatic rings. The molecule has 0 bridgehead atoms. The Kier molecular flexibility index (Phi) is 5.55. The van der Waals surface area contributed by atoms with E-state index in [4.69, 9.17) is 0 Å². The van der Waals surface area contributed by atoms with Crippen molar-refractivity contribution in [1.82, 2.24) is 5.32 Å². The smallest absolute Gasteiger partial charge is 0.137 e. The van der Waals surface area contributed by atoms with Crippen LogP contribution < -0.4 is 5.32 Å². The highest BCUT2D eigenvalue weighted by Gasteiger charge is 2.15. The van der Waals surface area contributed by atoms with Crippen molar-refractivity contribution in [2.75, 3.05) is 6.54 Å². The maximum Gasteiger partial charge on any atom is 0.137 e. The summed E-state index contributed by atoms with van der Waals surface area (Å²) in [6.07, 6.45) is 1.88. The summed E-state index contributed by atoms with van der Waals surface area (Å²) in [5.74, 6) is -0.197. The van der Waals surface area contributed by atoms with E-state index >= 15 is 0 Å². The van der Waals surface area contributed by atoms with Crippen molar-refractivity contribution in [3.05, 3.63) is 56.4 Å². The molecular weight excluding hydrogens is 325 g/mol. The van der Waals surface area contributed by atoms with E-state index < -0.39 is 0 Å². The van der Waals surface area contributed by atoms with Crippen molar-refractivity contribution in [2.45, 2.75) is 25.8 Å². The maximum absolute atomic E-state index is 13.6. The van der Waals surface area contributed by atoms with E-state index in [-0.39, 0.29) is 11.9 Å². The Bertz CT molecular complexity index is 513. The van der Waals surface area contributed by atoms with Gasteiger partial charge in [0.15, 0.2) is 0 Å². The first-order chi connectivity index (χ1) is 9.22. The van der Waals surface area contributed by atoms with Crippen LogP contribution in [0.15, 0.2) is 39.5 Å². The number of hydrogen-bond acceptors (Lipinski definition) is 2. The molecule has 1 nitrogen and oxygen atoms in total. The summed E-state index contributed by atoms with van der Waals surface area (Å²) in [6, 6.07) is 7.59. The van der Waals surface area contributed by atoms with Crippen molar-refractivity contribution in [1.29, 1.82) is 0 Å². The predicted molar refractivity (Wildman–Crippen MR) is 83.2 cm³/mol. The molecule has 0 aliphatic carbocycles. The molecule has 0 saturated heterocycles. The molecule has 1 atom stereocenters. The molecule has 19 heavy (non-hydrogen) atoms. The van der Waals surface area contributed by atoms with Gasteiger partial charge in [0.2, 0.25) is 0 Å². The molecule has 1 N–H and O–H groups in total. The number of nitrogens with one attached hydrogen (secondary N) is 1. The molecular formula is C15H17BrFNS. The molecule has 0 radical (unpaired) electrons. The van der Waals surface area contributed by atoms with Gasteiger partial charge in [-0.25, -0.2) is 4.39 Å². The van der Waals surface area contributed by atoms with Crippen LogP contribution in [0.3, 0.4) is 0 Å². The zero-order valence-corrected chi connectivity index (χ0v) is 13.2. The van der Waals surface area contributed by atoms with Gasteiger partial charge in [-0.05, 0) is 69.3 Å². The molecule has 0 aliphatic heterocycles. The van der Waals surface area contributed by atoms with E-state index in [1.54, 1.807) is 17.4 Å². The van der Waals surface area contributed by atoms with E-state index in [9.17, 15) is 4.39 Å². The molecule has 0 fully saturated rings. The number of rotatable bonds is 6. The Hall–Kier alpha value is -0.710. The van der Waals surface area contributed by atoms with E-state index in [0.29, 0.717) is 4.47 Å². The third kappa shape index (κ3) is 3.88. The van der Waals surface area contributed by atoms with Crippen LogP contribution >= 0.6 is 27.3 Å². The second kappa shape index (κ2) is 7.17. The fourth-order valence-electron chi connectivity index (χ4n) is 2.03. The van der Waals surface area contributed by atoms with Crippen LogP contribution in [0, 0.1) is 5.82 Å². The van der Waals surface area contributed by atoms with Gasteiger partial charge in [0.05, 0.1) is 4.47 Å². The first-order valence-electron chi connectivity index (χ1n) is 6.40. The molecule has 1 unspecified atom stereocenters. The number of hydrogen-bond donors (Lipinski definition) is 1. The van der Waals surface area contributed by atoms with E-state index in [2.05, 4.69) is 45.0 Å².